The highest BCUT2D eigenvalue weighted by atomic mass is 19.1. The van der Waals surface area contributed by atoms with Crippen molar-refractivity contribution in [2.75, 3.05) is 29.9 Å². The van der Waals surface area contributed by atoms with Crippen LogP contribution >= 0.6 is 0 Å². The van der Waals surface area contributed by atoms with Crippen LogP contribution in [0.25, 0.3) is 0 Å². The van der Waals surface area contributed by atoms with Gasteiger partial charge in [-0.05, 0) is 45.4 Å². The summed E-state index contributed by atoms with van der Waals surface area (Å²) in [6.45, 7) is 7.57. The number of ether oxygens (including phenoxy) is 1. The number of likely N-dealkylation sites (tertiary alicyclic amines) is 1. The van der Waals surface area contributed by atoms with Crippen molar-refractivity contribution in [3.05, 3.63) is 53.9 Å². The fourth-order valence-electron chi connectivity index (χ4n) is 4.27. The van der Waals surface area contributed by atoms with Gasteiger partial charge in [0.25, 0.3) is 5.91 Å². The average Bonchev–Trinajstić information content (AvgIpc) is 3.26. The van der Waals surface area contributed by atoms with Crippen LogP contribution in [0, 0.1) is 17.6 Å². The van der Waals surface area contributed by atoms with E-state index in [2.05, 4.69) is 15.2 Å². The Morgan fingerprint density at radius 1 is 1.09 bits per heavy atom. The summed E-state index contributed by atoms with van der Waals surface area (Å²) in [4.78, 5) is 33.2. The maximum atomic E-state index is 13.4. The zero-order valence-electron chi connectivity index (χ0n) is 18.3. The molecule has 1 aromatic heterocycles. The number of hydrogen-bond donors (Lipinski definition) is 1. The quantitative estimate of drug-likeness (QED) is 0.773. The molecular formula is C23H26F2N4O3. The zero-order chi connectivity index (χ0) is 23.0. The van der Waals surface area contributed by atoms with E-state index < -0.39 is 23.1 Å². The first-order valence-corrected chi connectivity index (χ1v) is 10.6. The second-order valence-electron chi connectivity index (χ2n) is 9.24. The van der Waals surface area contributed by atoms with Crippen molar-refractivity contribution < 1.29 is 23.1 Å². The third-order valence-corrected chi connectivity index (χ3v) is 5.65. The molecule has 1 aromatic carbocycles. The highest BCUT2D eigenvalue weighted by Crippen LogP contribution is 2.35. The molecule has 9 heteroatoms. The molecule has 32 heavy (non-hydrogen) atoms. The Hall–Kier alpha value is -3.23. The Morgan fingerprint density at radius 2 is 1.81 bits per heavy atom. The van der Waals surface area contributed by atoms with Crippen molar-refractivity contribution >= 4 is 23.4 Å². The zero-order valence-corrected chi connectivity index (χ0v) is 18.3. The van der Waals surface area contributed by atoms with Crippen LogP contribution in [0.15, 0.2) is 36.7 Å². The molecule has 3 heterocycles. The van der Waals surface area contributed by atoms with Crippen LogP contribution in [0.4, 0.5) is 25.0 Å². The van der Waals surface area contributed by atoms with Gasteiger partial charge in [0.1, 0.15) is 17.2 Å². The first-order chi connectivity index (χ1) is 15.1. The van der Waals surface area contributed by atoms with E-state index in [1.165, 1.54) is 6.20 Å². The van der Waals surface area contributed by atoms with Gasteiger partial charge in [-0.3, -0.25) is 9.78 Å². The number of anilines is 2. The number of pyridine rings is 1. The van der Waals surface area contributed by atoms with Gasteiger partial charge in [0, 0.05) is 43.5 Å². The molecule has 2 aliphatic heterocycles. The predicted molar refractivity (Wildman–Crippen MR) is 116 cm³/mol. The summed E-state index contributed by atoms with van der Waals surface area (Å²) < 4.78 is 32.3. The first kappa shape index (κ1) is 22.0. The molecule has 2 unspecified atom stereocenters. The molecule has 2 aromatic rings. The predicted octanol–water partition coefficient (Wildman–Crippen LogP) is 4.06. The van der Waals surface area contributed by atoms with Gasteiger partial charge in [-0.2, -0.15) is 0 Å². The summed E-state index contributed by atoms with van der Waals surface area (Å²) in [6.07, 6.45) is 3.65. The highest BCUT2D eigenvalue weighted by molar-refractivity contribution is 6.04. The van der Waals surface area contributed by atoms with Crippen LogP contribution in [0.1, 0.15) is 37.6 Å². The fraction of sp³-hybridized carbons (Fsp3) is 0.435. The van der Waals surface area contributed by atoms with Gasteiger partial charge in [0.2, 0.25) is 0 Å². The van der Waals surface area contributed by atoms with Gasteiger partial charge >= 0.3 is 6.09 Å². The van der Waals surface area contributed by atoms with Gasteiger partial charge < -0.3 is 19.9 Å². The number of benzene rings is 1. The molecule has 0 radical (unpaired) electrons. The standard InChI is InChI=1S/C23H26F2N4O3/c1-23(2,3)32-22(31)29-5-4-14-12-28(13-20(14)29)19-6-15(10-26-11-19)21(30)27-18-8-16(24)7-17(25)9-18/h6-11,14,20H,4-5,12-13H2,1-3H3,(H,27,30). The number of amides is 2. The molecule has 7 nitrogen and oxygen atoms in total. The maximum Gasteiger partial charge on any atom is 0.410 e. The maximum absolute atomic E-state index is 13.4. The van der Waals surface area contributed by atoms with E-state index in [0.29, 0.717) is 19.0 Å². The number of rotatable bonds is 3. The van der Waals surface area contributed by atoms with E-state index in [1.54, 1.807) is 17.2 Å². The Kier molecular flexibility index (Phi) is 5.75. The third-order valence-electron chi connectivity index (χ3n) is 5.65. The molecule has 2 fully saturated rings. The van der Waals surface area contributed by atoms with Gasteiger partial charge in [0.15, 0.2) is 0 Å². The second kappa shape index (κ2) is 8.37. The number of aromatic nitrogens is 1. The minimum Gasteiger partial charge on any atom is -0.444 e. The highest BCUT2D eigenvalue weighted by Gasteiger charge is 2.44. The fourth-order valence-corrected chi connectivity index (χ4v) is 4.27. The van der Waals surface area contributed by atoms with Crippen LogP contribution in [-0.4, -0.2) is 53.2 Å². The minimum atomic E-state index is -0.773. The summed E-state index contributed by atoms with van der Waals surface area (Å²) >= 11 is 0. The second-order valence-corrected chi connectivity index (χ2v) is 9.24. The number of nitrogens with one attached hydrogen (secondary N) is 1. The van der Waals surface area contributed by atoms with Gasteiger partial charge in [-0.1, -0.05) is 0 Å². The smallest absolute Gasteiger partial charge is 0.410 e. The van der Waals surface area contributed by atoms with Crippen LogP contribution < -0.4 is 10.2 Å². The van der Waals surface area contributed by atoms with E-state index in [0.717, 1.165) is 36.9 Å². The van der Waals surface area contributed by atoms with Crippen LogP contribution in [0.2, 0.25) is 0 Å². The molecule has 2 atom stereocenters. The van der Waals surface area contributed by atoms with Crippen molar-refractivity contribution in [1.29, 1.82) is 0 Å². The van der Waals surface area contributed by atoms with Crippen molar-refractivity contribution in [3.8, 4) is 0 Å². The largest absolute Gasteiger partial charge is 0.444 e. The van der Waals surface area contributed by atoms with E-state index in [9.17, 15) is 18.4 Å². The van der Waals surface area contributed by atoms with E-state index >= 15 is 0 Å². The number of carbonyl (C=O) groups is 2. The van der Waals surface area contributed by atoms with E-state index in [1.807, 2.05) is 20.8 Å². The molecule has 4 rings (SSSR count). The molecule has 2 amide bonds. The van der Waals surface area contributed by atoms with Crippen molar-refractivity contribution in [2.24, 2.45) is 5.92 Å². The molecule has 0 saturated carbocycles. The van der Waals surface area contributed by atoms with Crippen molar-refractivity contribution in [3.63, 3.8) is 0 Å². The molecule has 2 aliphatic rings. The number of fused-ring (bicyclic) bond motifs is 1. The summed E-state index contributed by atoms with van der Waals surface area (Å²) in [6, 6.07) is 4.56. The average molecular weight is 444 g/mol. The SMILES string of the molecule is CC(C)(C)OC(=O)N1CCC2CN(c3cncc(C(=O)Nc4cc(F)cc(F)c4)c3)CC21. The molecule has 2 saturated heterocycles. The lowest BCUT2D eigenvalue weighted by atomic mass is 10.1. The lowest BCUT2D eigenvalue weighted by molar-refractivity contribution is 0.0229. The Balaban J connectivity index is 1.45. The number of halogens is 2. The number of hydrogen-bond acceptors (Lipinski definition) is 5. The molecule has 0 aliphatic carbocycles. The number of nitrogens with zero attached hydrogens (tertiary/aromatic N) is 3. The first-order valence-electron chi connectivity index (χ1n) is 10.6. The summed E-state index contributed by atoms with van der Waals surface area (Å²) in [5.41, 5.74) is 0.500. The van der Waals surface area contributed by atoms with Gasteiger partial charge in [-0.25, -0.2) is 13.6 Å². The molecular weight excluding hydrogens is 418 g/mol. The molecule has 0 spiro atoms. The van der Waals surface area contributed by atoms with E-state index in [-0.39, 0.29) is 23.4 Å². The Bertz CT molecular complexity index is 1020. The molecule has 1 N–H and O–H groups in total. The minimum absolute atomic E-state index is 0.0293. The van der Waals surface area contributed by atoms with Crippen LogP contribution in [0.3, 0.4) is 0 Å². The van der Waals surface area contributed by atoms with Gasteiger partial charge in [-0.15, -0.1) is 0 Å². The summed E-state index contributed by atoms with van der Waals surface area (Å²) in [7, 11) is 0. The summed E-state index contributed by atoms with van der Waals surface area (Å²) in [5.74, 6) is -1.75. The monoisotopic (exact) mass is 444 g/mol. The topological polar surface area (TPSA) is 74.8 Å². The lowest BCUT2D eigenvalue weighted by Gasteiger charge is -2.29. The van der Waals surface area contributed by atoms with E-state index in [4.69, 9.17) is 4.74 Å². The third kappa shape index (κ3) is 4.81. The van der Waals surface area contributed by atoms with Crippen molar-refractivity contribution in [2.45, 2.75) is 38.8 Å². The summed E-state index contributed by atoms with van der Waals surface area (Å²) in [5, 5.41) is 2.49. The van der Waals surface area contributed by atoms with Crippen LogP contribution in [0.5, 0.6) is 0 Å². The number of carbonyl (C=O) groups excluding carboxylic acids is 2. The van der Waals surface area contributed by atoms with Crippen LogP contribution in [-0.2, 0) is 4.74 Å². The van der Waals surface area contributed by atoms with Gasteiger partial charge in [0.05, 0.1) is 23.5 Å². The van der Waals surface area contributed by atoms with Crippen molar-refractivity contribution in [1.82, 2.24) is 9.88 Å². The Labute approximate surface area is 185 Å². The normalized spacial score (nSPS) is 20.3. The molecule has 0 bridgehead atoms. The Morgan fingerprint density at radius 3 is 2.50 bits per heavy atom. The molecule has 170 valence electrons. The lowest BCUT2D eigenvalue weighted by Crippen LogP contribution is -2.42.